The molecule has 0 aromatic heterocycles. The molecule has 1 aromatic rings. The second-order valence-electron chi connectivity index (χ2n) is 5.66. The van der Waals surface area contributed by atoms with Crippen LogP contribution in [-0.2, 0) is 0 Å². The van der Waals surface area contributed by atoms with Crippen LogP contribution in [0.4, 0.5) is 13.2 Å². The molecule has 0 unspecified atom stereocenters. The summed E-state index contributed by atoms with van der Waals surface area (Å²) in [4.78, 5) is 0. The molecule has 120 valence electrons. The molecule has 0 radical (unpaired) electrons. The lowest BCUT2D eigenvalue weighted by molar-refractivity contribution is -0.191. The lowest BCUT2D eigenvalue weighted by atomic mass is 9.95. The second-order valence-corrected chi connectivity index (χ2v) is 5.66. The van der Waals surface area contributed by atoms with Gasteiger partial charge in [-0.25, -0.2) is 0 Å². The molecule has 2 N–H and O–H groups in total. The Bertz CT molecular complexity index is 434. The summed E-state index contributed by atoms with van der Waals surface area (Å²) in [5, 5.41) is 12.4. The average molecular weight is 324 g/mol. The van der Waals surface area contributed by atoms with Crippen molar-refractivity contribution in [3.05, 3.63) is 35.9 Å². The van der Waals surface area contributed by atoms with Gasteiger partial charge in [0.1, 0.15) is 0 Å². The maximum atomic E-state index is 12.9. The second kappa shape index (κ2) is 6.99. The maximum Gasteiger partial charge on any atom is 0.394 e. The fourth-order valence-corrected chi connectivity index (χ4v) is 2.59. The molecule has 1 saturated carbocycles. The van der Waals surface area contributed by atoms with Crippen LogP contribution in [0.1, 0.15) is 37.8 Å². The van der Waals surface area contributed by atoms with Crippen LogP contribution in [0.25, 0.3) is 0 Å². The van der Waals surface area contributed by atoms with E-state index in [4.69, 9.17) is 0 Å². The minimum absolute atomic E-state index is 0. The van der Waals surface area contributed by atoms with Crippen molar-refractivity contribution >= 4 is 12.4 Å². The van der Waals surface area contributed by atoms with E-state index in [1.807, 2.05) is 37.3 Å². The zero-order valence-corrected chi connectivity index (χ0v) is 12.7. The summed E-state index contributed by atoms with van der Waals surface area (Å²) in [6, 6.07) is 8.89. The Hall–Kier alpha value is -0.780. The summed E-state index contributed by atoms with van der Waals surface area (Å²) < 4.78 is 38.8. The number of aliphatic hydroxyl groups excluding tert-OH is 1. The minimum atomic E-state index is -4.17. The smallest absolute Gasteiger partial charge is 0.394 e. The molecule has 1 fully saturated rings. The summed E-state index contributed by atoms with van der Waals surface area (Å²) in [6.07, 6.45) is -3.87. The molecule has 0 amide bonds. The van der Waals surface area contributed by atoms with Crippen LogP contribution in [-0.4, -0.2) is 23.9 Å². The summed E-state index contributed by atoms with van der Waals surface area (Å²) >= 11 is 0. The van der Waals surface area contributed by atoms with Crippen LogP contribution >= 0.6 is 12.4 Å². The third-order valence-electron chi connectivity index (χ3n) is 4.10. The Balaban J connectivity index is 0.00000220. The van der Waals surface area contributed by atoms with Gasteiger partial charge in [0.2, 0.25) is 0 Å². The zero-order valence-electron chi connectivity index (χ0n) is 11.9. The first-order chi connectivity index (χ1) is 9.38. The Morgan fingerprint density at radius 2 is 1.81 bits per heavy atom. The quantitative estimate of drug-likeness (QED) is 0.833. The van der Waals surface area contributed by atoms with Crippen molar-refractivity contribution in [2.24, 2.45) is 5.41 Å². The van der Waals surface area contributed by atoms with Gasteiger partial charge in [0, 0.05) is 12.1 Å². The van der Waals surface area contributed by atoms with E-state index in [0.717, 1.165) is 5.56 Å². The highest BCUT2D eigenvalue weighted by atomic mass is 35.5. The Labute approximate surface area is 129 Å². The molecular weight excluding hydrogens is 303 g/mol. The number of hydrogen-bond acceptors (Lipinski definition) is 2. The lowest BCUT2D eigenvalue weighted by Gasteiger charge is -2.27. The molecule has 1 aromatic carbocycles. The van der Waals surface area contributed by atoms with Crippen LogP contribution in [0.15, 0.2) is 30.3 Å². The van der Waals surface area contributed by atoms with Crippen molar-refractivity contribution in [2.75, 3.05) is 6.61 Å². The molecule has 0 saturated heterocycles. The van der Waals surface area contributed by atoms with Crippen molar-refractivity contribution < 1.29 is 18.3 Å². The first-order valence-electron chi connectivity index (χ1n) is 6.86. The van der Waals surface area contributed by atoms with Gasteiger partial charge in [-0.2, -0.15) is 13.2 Å². The van der Waals surface area contributed by atoms with E-state index in [0.29, 0.717) is 0 Å². The van der Waals surface area contributed by atoms with Crippen molar-refractivity contribution in [1.82, 2.24) is 5.32 Å². The van der Waals surface area contributed by atoms with Gasteiger partial charge in [-0.15, -0.1) is 12.4 Å². The largest absolute Gasteiger partial charge is 0.395 e. The van der Waals surface area contributed by atoms with Crippen molar-refractivity contribution in [1.29, 1.82) is 0 Å². The summed E-state index contributed by atoms with van der Waals surface area (Å²) in [6.45, 7) is 1.61. The maximum absolute atomic E-state index is 12.9. The molecule has 0 bridgehead atoms. The molecule has 2 nitrogen and oxygen atoms in total. The predicted molar refractivity (Wildman–Crippen MR) is 78.5 cm³/mol. The lowest BCUT2D eigenvalue weighted by Crippen LogP contribution is -2.40. The molecule has 1 aliphatic rings. The van der Waals surface area contributed by atoms with Gasteiger partial charge in [-0.1, -0.05) is 30.3 Å². The number of hydrogen-bond donors (Lipinski definition) is 2. The summed E-state index contributed by atoms with van der Waals surface area (Å²) in [5.41, 5.74) is -0.577. The number of halogens is 4. The first-order valence-corrected chi connectivity index (χ1v) is 6.86. The first kappa shape index (κ1) is 18.3. The van der Waals surface area contributed by atoms with Gasteiger partial charge in [0.25, 0.3) is 0 Å². The van der Waals surface area contributed by atoms with Gasteiger partial charge >= 0.3 is 6.18 Å². The third-order valence-corrected chi connectivity index (χ3v) is 4.10. The van der Waals surface area contributed by atoms with Gasteiger partial charge in [-0.3, -0.25) is 0 Å². The van der Waals surface area contributed by atoms with Gasteiger partial charge in [-0.05, 0) is 31.7 Å². The van der Waals surface area contributed by atoms with Crippen LogP contribution < -0.4 is 5.32 Å². The topological polar surface area (TPSA) is 32.3 Å². The minimum Gasteiger partial charge on any atom is -0.395 e. The number of nitrogens with one attached hydrogen (secondary N) is 1. The van der Waals surface area contributed by atoms with E-state index < -0.39 is 17.6 Å². The number of aliphatic hydroxyl groups is 1. The summed E-state index contributed by atoms with van der Waals surface area (Å²) in [5.74, 6) is 0. The van der Waals surface area contributed by atoms with Crippen molar-refractivity contribution in [3.8, 4) is 0 Å². The third kappa shape index (κ3) is 4.34. The Kier molecular flexibility index (Phi) is 6.08. The highest BCUT2D eigenvalue weighted by Crippen LogP contribution is 2.60. The van der Waals surface area contributed by atoms with E-state index in [2.05, 4.69) is 5.32 Å². The fourth-order valence-electron chi connectivity index (χ4n) is 2.59. The molecule has 0 aliphatic heterocycles. The number of alkyl halides is 3. The predicted octanol–water partition coefficient (Wildman–Crippen LogP) is 3.85. The average Bonchev–Trinajstić information content (AvgIpc) is 3.19. The van der Waals surface area contributed by atoms with Gasteiger partial charge in [0.15, 0.2) is 0 Å². The Morgan fingerprint density at radius 3 is 2.24 bits per heavy atom. The van der Waals surface area contributed by atoms with E-state index in [-0.39, 0.29) is 44.3 Å². The highest BCUT2D eigenvalue weighted by molar-refractivity contribution is 5.85. The molecule has 0 spiro atoms. The molecule has 2 atom stereocenters. The van der Waals surface area contributed by atoms with E-state index in [9.17, 15) is 18.3 Å². The molecule has 1 aliphatic carbocycles. The standard InChI is InChI=1S/C15H20F3NO.ClH/c1-11(12-5-3-2-4-6-12)19-13(10-20)9-14(7-8-14)15(16,17)18;/h2-6,11,13,19-20H,7-10H2,1H3;1H/t11-,13-;/m1./s1. The SMILES string of the molecule is C[C@@H](N[C@@H](CO)CC1(C(F)(F)F)CC1)c1ccccc1.Cl. The Morgan fingerprint density at radius 1 is 1.24 bits per heavy atom. The molecule has 0 heterocycles. The van der Waals surface area contributed by atoms with E-state index in [1.165, 1.54) is 0 Å². The van der Waals surface area contributed by atoms with Crippen LogP contribution in [0.2, 0.25) is 0 Å². The van der Waals surface area contributed by atoms with Crippen molar-refractivity contribution in [3.63, 3.8) is 0 Å². The molecular formula is C15H21ClF3NO. The molecule has 6 heteroatoms. The normalized spacial score (nSPS) is 19.5. The van der Waals surface area contributed by atoms with Gasteiger partial charge < -0.3 is 10.4 Å². The fraction of sp³-hybridized carbons (Fsp3) is 0.600. The molecule has 21 heavy (non-hydrogen) atoms. The monoisotopic (exact) mass is 323 g/mol. The van der Waals surface area contributed by atoms with Crippen LogP contribution in [0.5, 0.6) is 0 Å². The number of rotatable bonds is 6. The van der Waals surface area contributed by atoms with Gasteiger partial charge in [0.05, 0.1) is 12.0 Å². The highest BCUT2D eigenvalue weighted by Gasteiger charge is 2.63. The summed E-state index contributed by atoms with van der Waals surface area (Å²) in [7, 11) is 0. The molecule has 2 rings (SSSR count). The number of benzene rings is 1. The van der Waals surface area contributed by atoms with Crippen LogP contribution in [0.3, 0.4) is 0 Å². The van der Waals surface area contributed by atoms with E-state index in [1.54, 1.807) is 0 Å². The van der Waals surface area contributed by atoms with Crippen molar-refractivity contribution in [2.45, 2.75) is 44.4 Å². The van der Waals surface area contributed by atoms with Crippen LogP contribution in [0, 0.1) is 5.41 Å². The van der Waals surface area contributed by atoms with E-state index >= 15 is 0 Å². The zero-order chi connectivity index (χ0) is 14.8.